The fraction of sp³-hybridized carbons (Fsp3) is 0.143. The molecule has 3 aromatic heterocycles. The molecule has 7 aromatic rings. The molecule has 0 spiro atoms. The molecule has 3 heterocycles. The second-order valence-corrected chi connectivity index (χ2v) is 14.1. The van der Waals surface area contributed by atoms with Gasteiger partial charge in [0.1, 0.15) is 28.8 Å². The van der Waals surface area contributed by atoms with Gasteiger partial charge in [0.25, 0.3) is 11.1 Å². The number of para-hydroxylation sites is 2. The van der Waals surface area contributed by atoms with Crippen molar-refractivity contribution in [3.05, 3.63) is 130 Å². The van der Waals surface area contributed by atoms with Gasteiger partial charge < -0.3 is 8.37 Å². The Hall–Kier alpha value is -6.28. The number of rotatable bonds is 13. The van der Waals surface area contributed by atoms with Gasteiger partial charge in [-0.25, -0.2) is 9.97 Å². The van der Waals surface area contributed by atoms with E-state index in [4.69, 9.17) is 14.1 Å². The SMILES string of the molecule is O=c1c2ccccc2nc(-c2ccc(OS(=O)(=O)O)cc2)n1CCCCn1cc(Cn2c(-c3cccc(OS(=O)(=O)O)c3)nc3ccccc3c2=O)nn1. The average molecular weight is 772 g/mol. The largest absolute Gasteiger partial charge is 0.446 e. The summed E-state index contributed by atoms with van der Waals surface area (Å²) in [5.41, 5.74) is 1.62. The Labute approximate surface area is 306 Å². The van der Waals surface area contributed by atoms with Crippen molar-refractivity contribution >= 4 is 42.6 Å². The maximum atomic E-state index is 13.7. The van der Waals surface area contributed by atoms with E-state index in [1.54, 1.807) is 70.0 Å². The smallest absolute Gasteiger partial charge is 0.362 e. The lowest BCUT2D eigenvalue weighted by molar-refractivity contribution is 0.384. The Morgan fingerprint density at radius 2 is 1.19 bits per heavy atom. The molecular formula is C35H29N7O10S2. The molecule has 7 rings (SSSR count). The van der Waals surface area contributed by atoms with Crippen LogP contribution >= 0.6 is 0 Å². The van der Waals surface area contributed by atoms with E-state index in [-0.39, 0.29) is 35.0 Å². The lowest BCUT2D eigenvalue weighted by atomic mass is 10.1. The van der Waals surface area contributed by atoms with E-state index in [2.05, 4.69) is 23.7 Å². The van der Waals surface area contributed by atoms with Crippen molar-refractivity contribution < 1.29 is 34.3 Å². The van der Waals surface area contributed by atoms with Gasteiger partial charge in [0, 0.05) is 24.2 Å². The van der Waals surface area contributed by atoms with Gasteiger partial charge in [-0.3, -0.25) is 32.5 Å². The Bertz CT molecular complexity index is 2870. The first-order valence-electron chi connectivity index (χ1n) is 16.2. The zero-order valence-electron chi connectivity index (χ0n) is 28.0. The summed E-state index contributed by atoms with van der Waals surface area (Å²) in [5.74, 6) is 0.285. The molecule has 0 saturated heterocycles. The molecule has 2 N–H and O–H groups in total. The standard InChI is InChI=1S/C35H29N7O10S2/c43-34-28-10-1-3-12-30(28)36-32(23-14-16-26(17-15-23)51-53(45,46)47)41(34)19-6-5-18-40-21-25(38-39-40)22-42-33(37-31-13-4-2-11-29(31)35(42)44)24-8-7-9-27(20-24)52-54(48,49)50/h1-4,7-17,20-21H,5-6,18-19,22H2,(H,45,46,47)(H,48,49,50). The molecule has 0 aliphatic carbocycles. The van der Waals surface area contributed by atoms with Crippen molar-refractivity contribution in [2.75, 3.05) is 0 Å². The summed E-state index contributed by atoms with van der Waals surface area (Å²) in [7, 11) is -9.50. The minimum atomic E-state index is -4.79. The van der Waals surface area contributed by atoms with Crippen LogP contribution < -0.4 is 19.5 Å². The number of hydrogen-bond donors (Lipinski definition) is 2. The fourth-order valence-electron chi connectivity index (χ4n) is 5.95. The molecule has 0 radical (unpaired) electrons. The van der Waals surface area contributed by atoms with Gasteiger partial charge in [-0.2, -0.15) is 16.8 Å². The summed E-state index contributed by atoms with van der Waals surface area (Å²) in [6, 6.07) is 25.3. The normalized spacial score (nSPS) is 12.0. The Kier molecular flexibility index (Phi) is 9.77. The molecular weight excluding hydrogens is 743 g/mol. The first kappa shape index (κ1) is 36.1. The molecule has 276 valence electrons. The summed E-state index contributed by atoms with van der Waals surface area (Å²) in [4.78, 5) is 36.7. The number of hydrogen-bond acceptors (Lipinski definition) is 12. The van der Waals surface area contributed by atoms with Gasteiger partial charge in [0.05, 0.1) is 34.5 Å². The molecule has 0 aliphatic heterocycles. The summed E-state index contributed by atoms with van der Waals surface area (Å²) in [6.45, 7) is 0.691. The van der Waals surface area contributed by atoms with Crippen LogP contribution in [0.4, 0.5) is 0 Å². The molecule has 4 aromatic carbocycles. The molecule has 0 saturated carbocycles. The van der Waals surface area contributed by atoms with Crippen molar-refractivity contribution in [1.29, 1.82) is 0 Å². The third-order valence-electron chi connectivity index (χ3n) is 8.26. The maximum Gasteiger partial charge on any atom is 0.446 e. The fourth-order valence-corrected chi connectivity index (χ4v) is 6.65. The van der Waals surface area contributed by atoms with Crippen molar-refractivity contribution in [3.8, 4) is 34.3 Å². The lowest BCUT2D eigenvalue weighted by Crippen LogP contribution is -2.24. The number of aryl methyl sites for hydroxylation is 1. The predicted molar refractivity (Wildman–Crippen MR) is 196 cm³/mol. The van der Waals surface area contributed by atoms with E-state index in [1.165, 1.54) is 47.0 Å². The zero-order valence-corrected chi connectivity index (χ0v) is 29.6. The molecule has 0 unspecified atom stereocenters. The van der Waals surface area contributed by atoms with E-state index in [1.807, 2.05) is 0 Å². The molecule has 17 nitrogen and oxygen atoms in total. The highest BCUT2D eigenvalue weighted by Crippen LogP contribution is 2.26. The first-order valence-corrected chi connectivity index (χ1v) is 19.0. The second kappa shape index (κ2) is 14.6. The Balaban J connectivity index is 1.10. The van der Waals surface area contributed by atoms with E-state index < -0.39 is 20.8 Å². The molecule has 0 bridgehead atoms. The third-order valence-corrected chi connectivity index (χ3v) is 9.06. The Morgan fingerprint density at radius 3 is 1.83 bits per heavy atom. The van der Waals surface area contributed by atoms with Crippen molar-refractivity contribution in [2.24, 2.45) is 0 Å². The minimum absolute atomic E-state index is 0.0229. The third kappa shape index (κ3) is 8.18. The van der Waals surface area contributed by atoms with Crippen LogP contribution in [0.1, 0.15) is 18.5 Å². The summed E-state index contributed by atoms with van der Waals surface area (Å²) in [5, 5.41) is 9.28. The monoisotopic (exact) mass is 771 g/mol. The van der Waals surface area contributed by atoms with Crippen molar-refractivity contribution in [3.63, 3.8) is 0 Å². The quantitative estimate of drug-likeness (QED) is 0.125. The highest BCUT2D eigenvalue weighted by atomic mass is 32.3. The van der Waals surface area contributed by atoms with Crippen LogP contribution in [0.15, 0.2) is 113 Å². The van der Waals surface area contributed by atoms with E-state index in [0.29, 0.717) is 70.4 Å². The number of nitrogens with zero attached hydrogens (tertiary/aromatic N) is 7. The van der Waals surface area contributed by atoms with Crippen LogP contribution in [0.3, 0.4) is 0 Å². The van der Waals surface area contributed by atoms with Crippen LogP contribution in [-0.4, -0.2) is 60.0 Å². The van der Waals surface area contributed by atoms with Crippen molar-refractivity contribution in [1.82, 2.24) is 34.1 Å². The molecule has 0 aliphatic rings. The Morgan fingerprint density at radius 1 is 0.611 bits per heavy atom. The second-order valence-electron chi connectivity index (χ2n) is 12.0. The number of fused-ring (bicyclic) bond motifs is 2. The molecule has 54 heavy (non-hydrogen) atoms. The minimum Gasteiger partial charge on any atom is -0.362 e. The molecule has 0 atom stereocenters. The van der Waals surface area contributed by atoms with E-state index >= 15 is 0 Å². The van der Waals surface area contributed by atoms with Gasteiger partial charge >= 0.3 is 20.8 Å². The van der Waals surface area contributed by atoms with Gasteiger partial charge in [0.2, 0.25) is 0 Å². The van der Waals surface area contributed by atoms with Crippen molar-refractivity contribution in [2.45, 2.75) is 32.5 Å². The van der Waals surface area contributed by atoms with Crippen LogP contribution in [0.2, 0.25) is 0 Å². The zero-order chi connectivity index (χ0) is 38.0. The van der Waals surface area contributed by atoms with Crippen LogP contribution in [0, 0.1) is 0 Å². The average Bonchev–Trinajstić information content (AvgIpc) is 3.58. The van der Waals surface area contributed by atoms with E-state index in [0.717, 1.165) is 0 Å². The van der Waals surface area contributed by atoms with Gasteiger partial charge in [0.15, 0.2) is 0 Å². The lowest BCUT2D eigenvalue weighted by Gasteiger charge is -2.14. The predicted octanol–water partition coefficient (Wildman–Crippen LogP) is 3.92. The van der Waals surface area contributed by atoms with E-state index in [9.17, 15) is 26.4 Å². The number of unbranched alkanes of at least 4 members (excludes halogenated alkanes) is 1. The van der Waals surface area contributed by atoms with Gasteiger partial charge in [-0.05, 0) is 73.5 Å². The number of aromatic nitrogens is 7. The van der Waals surface area contributed by atoms with Crippen LogP contribution in [0.5, 0.6) is 11.5 Å². The summed E-state index contributed by atoms with van der Waals surface area (Å²) in [6.07, 6.45) is 2.80. The topological polar surface area (TPSA) is 228 Å². The van der Waals surface area contributed by atoms with Crippen LogP contribution in [-0.2, 0) is 40.4 Å². The molecule has 19 heteroatoms. The summed E-state index contributed by atoms with van der Waals surface area (Å²) >= 11 is 0. The van der Waals surface area contributed by atoms with Crippen LogP contribution in [0.25, 0.3) is 44.6 Å². The maximum absolute atomic E-state index is 13.7. The van der Waals surface area contributed by atoms with Gasteiger partial charge in [-0.1, -0.05) is 41.6 Å². The van der Waals surface area contributed by atoms with Gasteiger partial charge in [-0.15, -0.1) is 5.10 Å². The first-order chi connectivity index (χ1) is 25.8. The highest BCUT2D eigenvalue weighted by molar-refractivity contribution is 7.81. The molecule has 0 amide bonds. The summed E-state index contributed by atoms with van der Waals surface area (Å²) < 4.78 is 76.8. The number of benzene rings is 4. The highest BCUT2D eigenvalue weighted by Gasteiger charge is 2.18. The molecule has 0 fully saturated rings.